The molecular weight excluding hydrogens is 259 g/mol. The van der Waals surface area contributed by atoms with Crippen LogP contribution in [0, 0.1) is 6.07 Å². The Hall–Kier alpha value is -1.56. The monoisotopic (exact) mass is 272 g/mol. The van der Waals surface area contributed by atoms with Gasteiger partial charge in [0, 0.05) is 6.54 Å². The topological polar surface area (TPSA) is 29.5 Å². The van der Waals surface area contributed by atoms with Crippen molar-refractivity contribution in [3.8, 4) is 0 Å². The van der Waals surface area contributed by atoms with Crippen LogP contribution in [-0.4, -0.2) is 42.8 Å². The predicted molar refractivity (Wildman–Crippen MR) is 61.4 cm³/mol. The zero-order valence-electron chi connectivity index (χ0n) is 10.1. The van der Waals surface area contributed by atoms with Crippen LogP contribution in [0.5, 0.6) is 0 Å². The van der Waals surface area contributed by atoms with Crippen molar-refractivity contribution in [2.45, 2.75) is 18.7 Å². The molecule has 103 valence electrons. The van der Waals surface area contributed by atoms with Gasteiger partial charge in [0.1, 0.15) is 0 Å². The highest BCUT2D eigenvalue weighted by Gasteiger charge is 2.44. The van der Waals surface area contributed by atoms with Crippen LogP contribution in [0.3, 0.4) is 0 Å². The lowest BCUT2D eigenvalue weighted by Crippen LogP contribution is -2.51. The van der Waals surface area contributed by atoms with E-state index in [9.17, 15) is 18.0 Å². The van der Waals surface area contributed by atoms with Crippen molar-refractivity contribution in [1.29, 1.82) is 0 Å². The summed E-state index contributed by atoms with van der Waals surface area (Å²) in [7, 11) is 0. The first kappa shape index (κ1) is 13.9. The maximum Gasteiger partial charge on any atom is 0.416 e. The number of halogens is 3. The molecule has 0 N–H and O–H groups in total. The Bertz CT molecular complexity index is 433. The van der Waals surface area contributed by atoms with Crippen LogP contribution in [0.25, 0.3) is 0 Å². The zero-order chi connectivity index (χ0) is 13.9. The van der Waals surface area contributed by atoms with Gasteiger partial charge in [0.15, 0.2) is 6.10 Å². The Labute approximate surface area is 109 Å². The molecule has 1 radical (unpaired) electrons. The van der Waals surface area contributed by atoms with Gasteiger partial charge in [-0.1, -0.05) is 24.3 Å². The van der Waals surface area contributed by atoms with Crippen LogP contribution in [-0.2, 0) is 16.0 Å². The van der Waals surface area contributed by atoms with Gasteiger partial charge in [0.2, 0.25) is 5.91 Å². The minimum Gasteiger partial charge on any atom is -0.365 e. The Morgan fingerprint density at radius 2 is 2.32 bits per heavy atom. The Morgan fingerprint density at radius 3 is 2.95 bits per heavy atom. The molecule has 1 fully saturated rings. The molecule has 0 saturated carbocycles. The average Bonchev–Trinajstić information content (AvgIpc) is 2.39. The van der Waals surface area contributed by atoms with Gasteiger partial charge >= 0.3 is 6.18 Å². The highest BCUT2D eigenvalue weighted by molar-refractivity contribution is 5.78. The quantitative estimate of drug-likeness (QED) is 0.822. The Balaban J connectivity index is 1.96. The van der Waals surface area contributed by atoms with Gasteiger partial charge in [0.25, 0.3) is 0 Å². The third kappa shape index (κ3) is 3.70. The summed E-state index contributed by atoms with van der Waals surface area (Å²) in [5.74, 6) is -0.322. The summed E-state index contributed by atoms with van der Waals surface area (Å²) in [5, 5.41) is 0. The van der Waals surface area contributed by atoms with E-state index in [1.165, 1.54) is 4.90 Å². The number of ether oxygens (including phenoxy) is 1. The number of amides is 1. The fourth-order valence-corrected chi connectivity index (χ4v) is 1.90. The van der Waals surface area contributed by atoms with Gasteiger partial charge in [-0.3, -0.25) is 4.79 Å². The molecule has 3 nitrogen and oxygen atoms in total. The third-order valence-corrected chi connectivity index (χ3v) is 2.91. The highest BCUT2D eigenvalue weighted by Crippen LogP contribution is 2.25. The van der Waals surface area contributed by atoms with Gasteiger partial charge in [-0.25, -0.2) is 0 Å². The molecule has 1 aliphatic rings. The number of hydrogen-bond donors (Lipinski definition) is 0. The van der Waals surface area contributed by atoms with E-state index in [0.29, 0.717) is 0 Å². The van der Waals surface area contributed by atoms with Gasteiger partial charge in [0.05, 0.1) is 19.6 Å². The Kier molecular flexibility index (Phi) is 4.09. The van der Waals surface area contributed by atoms with E-state index in [0.717, 1.165) is 5.56 Å². The molecule has 2 rings (SSSR count). The Morgan fingerprint density at radius 1 is 1.53 bits per heavy atom. The number of morpholine rings is 1. The van der Waals surface area contributed by atoms with Gasteiger partial charge in [-0.2, -0.15) is 13.2 Å². The minimum absolute atomic E-state index is 0.0852. The van der Waals surface area contributed by atoms with Gasteiger partial charge in [-0.05, 0) is 11.6 Å². The van der Waals surface area contributed by atoms with Crippen LogP contribution < -0.4 is 0 Å². The summed E-state index contributed by atoms with van der Waals surface area (Å²) >= 11 is 0. The van der Waals surface area contributed by atoms with E-state index in [1.807, 2.05) is 0 Å². The van der Waals surface area contributed by atoms with E-state index >= 15 is 0 Å². The number of carbonyl (C=O) groups excluding carboxylic acids is 1. The normalized spacial score (nSPS) is 20.4. The van der Waals surface area contributed by atoms with E-state index in [4.69, 9.17) is 0 Å². The van der Waals surface area contributed by atoms with E-state index < -0.39 is 18.8 Å². The molecule has 0 aromatic heterocycles. The van der Waals surface area contributed by atoms with Crippen molar-refractivity contribution in [3.63, 3.8) is 0 Å². The molecule has 1 amide bonds. The van der Waals surface area contributed by atoms with Crippen LogP contribution in [0.2, 0.25) is 0 Å². The second-order valence-corrected chi connectivity index (χ2v) is 4.33. The van der Waals surface area contributed by atoms with Gasteiger partial charge in [-0.15, -0.1) is 0 Å². The molecule has 0 aliphatic carbocycles. The fourth-order valence-electron chi connectivity index (χ4n) is 1.90. The molecule has 1 atom stereocenters. The van der Waals surface area contributed by atoms with Crippen LogP contribution in [0.4, 0.5) is 13.2 Å². The van der Waals surface area contributed by atoms with Crippen molar-refractivity contribution in [2.75, 3.05) is 19.7 Å². The molecule has 0 spiro atoms. The summed E-state index contributed by atoms with van der Waals surface area (Å²) < 4.78 is 42.3. The molecule has 1 aliphatic heterocycles. The van der Waals surface area contributed by atoms with Crippen molar-refractivity contribution in [3.05, 3.63) is 35.9 Å². The fraction of sp³-hybridized carbons (Fsp3) is 0.462. The number of nitrogens with zero attached hydrogens (tertiary/aromatic N) is 1. The van der Waals surface area contributed by atoms with Crippen molar-refractivity contribution >= 4 is 5.91 Å². The molecule has 1 saturated heterocycles. The summed E-state index contributed by atoms with van der Waals surface area (Å²) in [6.07, 6.45) is -6.23. The second kappa shape index (κ2) is 5.61. The number of benzene rings is 1. The largest absolute Gasteiger partial charge is 0.416 e. The highest BCUT2D eigenvalue weighted by atomic mass is 19.4. The van der Waals surface area contributed by atoms with Gasteiger partial charge < -0.3 is 9.64 Å². The lowest BCUT2D eigenvalue weighted by Gasteiger charge is -2.33. The molecule has 1 aromatic carbocycles. The van der Waals surface area contributed by atoms with Crippen molar-refractivity contribution < 1.29 is 22.7 Å². The molecule has 0 unspecified atom stereocenters. The standard InChI is InChI=1S/C13H13F3NO2/c14-13(15,16)11-9-17(6-7-19-11)12(18)8-10-4-2-1-3-5-10/h1-2,4-5,11H,6-9H2/t11-/m0/s1. The lowest BCUT2D eigenvalue weighted by atomic mass is 10.1. The second-order valence-electron chi connectivity index (χ2n) is 4.33. The molecule has 19 heavy (non-hydrogen) atoms. The molecule has 0 bridgehead atoms. The molecular formula is C13H13F3NO2. The first-order chi connectivity index (χ1) is 8.97. The maximum absolute atomic E-state index is 12.5. The number of alkyl halides is 3. The summed E-state index contributed by atoms with van der Waals surface area (Å²) in [6.45, 7) is -0.322. The lowest BCUT2D eigenvalue weighted by molar-refractivity contribution is -0.236. The molecule has 1 aromatic rings. The van der Waals surface area contributed by atoms with E-state index in [1.54, 1.807) is 24.3 Å². The third-order valence-electron chi connectivity index (χ3n) is 2.91. The van der Waals surface area contributed by atoms with Crippen molar-refractivity contribution in [2.24, 2.45) is 0 Å². The van der Waals surface area contributed by atoms with E-state index in [-0.39, 0.29) is 25.5 Å². The predicted octanol–water partition coefficient (Wildman–Crippen LogP) is 1.82. The number of carbonyl (C=O) groups is 1. The first-order valence-electron chi connectivity index (χ1n) is 5.88. The average molecular weight is 272 g/mol. The SMILES string of the molecule is O=C(Cc1c[c]ccc1)N1CCO[C@H](C(F)(F)F)C1. The number of rotatable bonds is 2. The van der Waals surface area contributed by atoms with Crippen molar-refractivity contribution in [1.82, 2.24) is 4.90 Å². The van der Waals surface area contributed by atoms with Crippen LogP contribution in [0.15, 0.2) is 24.3 Å². The summed E-state index contributed by atoms with van der Waals surface area (Å²) in [5.41, 5.74) is 0.738. The van der Waals surface area contributed by atoms with E-state index in [2.05, 4.69) is 10.8 Å². The maximum atomic E-state index is 12.5. The zero-order valence-corrected chi connectivity index (χ0v) is 10.1. The number of hydrogen-bond acceptors (Lipinski definition) is 2. The minimum atomic E-state index is -4.43. The summed E-state index contributed by atoms with van der Waals surface area (Å²) in [4.78, 5) is 13.1. The summed E-state index contributed by atoms with van der Waals surface area (Å²) in [6, 6.07) is 9.66. The van der Waals surface area contributed by atoms with Crippen LogP contribution in [0.1, 0.15) is 5.56 Å². The van der Waals surface area contributed by atoms with Crippen LogP contribution >= 0.6 is 0 Å². The molecule has 6 heteroatoms. The first-order valence-corrected chi connectivity index (χ1v) is 5.88. The smallest absolute Gasteiger partial charge is 0.365 e. The molecule has 1 heterocycles.